The van der Waals surface area contributed by atoms with Crippen LogP contribution in [0.5, 0.6) is 5.75 Å². The molecule has 1 aromatic heterocycles. The van der Waals surface area contributed by atoms with Gasteiger partial charge in [-0.15, -0.1) is 0 Å². The molecule has 0 aliphatic heterocycles. The third-order valence-electron chi connectivity index (χ3n) is 6.54. The maximum Gasteiger partial charge on any atom is 0.339 e. The fourth-order valence-electron chi connectivity index (χ4n) is 4.55. The number of nitrogens with zero attached hydrogens (tertiary/aromatic N) is 1. The van der Waals surface area contributed by atoms with Gasteiger partial charge in [-0.3, -0.25) is 0 Å². The Bertz CT molecular complexity index is 1680. The molecule has 0 saturated heterocycles. The van der Waals surface area contributed by atoms with E-state index >= 15 is 0 Å². The number of carbonyl (C=O) groups excluding carboxylic acids is 1. The smallest absolute Gasteiger partial charge is 0.339 e. The van der Waals surface area contributed by atoms with Crippen LogP contribution in [-0.2, 0) is 17.8 Å². The lowest BCUT2D eigenvalue weighted by Gasteiger charge is -2.11. The number of aryl methyl sites for hydroxylation is 1. The van der Waals surface area contributed by atoms with E-state index in [1.54, 1.807) is 37.3 Å². The average Bonchev–Trinajstić information content (AvgIpc) is 3.33. The molecule has 0 aliphatic carbocycles. The van der Waals surface area contributed by atoms with Crippen LogP contribution in [-0.4, -0.2) is 17.7 Å². The third kappa shape index (κ3) is 5.83. The zero-order valence-electron chi connectivity index (χ0n) is 22.0. The molecule has 0 amide bonds. The van der Waals surface area contributed by atoms with E-state index in [0.29, 0.717) is 37.6 Å². The quantitative estimate of drug-likeness (QED) is 0.159. The first kappa shape index (κ1) is 28.0. The van der Waals surface area contributed by atoms with Crippen molar-refractivity contribution >= 4 is 51.5 Å². The summed E-state index contributed by atoms with van der Waals surface area (Å²) in [7, 11) is 0. The number of halogens is 3. The van der Waals surface area contributed by atoms with E-state index < -0.39 is 5.97 Å². The van der Waals surface area contributed by atoms with Gasteiger partial charge < -0.3 is 14.0 Å². The van der Waals surface area contributed by atoms with Crippen molar-refractivity contribution in [3.63, 3.8) is 0 Å². The van der Waals surface area contributed by atoms with Crippen molar-refractivity contribution in [3.05, 3.63) is 105 Å². The summed E-state index contributed by atoms with van der Waals surface area (Å²) < 4.78 is 17.0. The lowest BCUT2D eigenvalue weighted by atomic mass is 9.99. The molecule has 204 valence electrons. The lowest BCUT2D eigenvalue weighted by molar-refractivity contribution is 0.0526. The SMILES string of the molecule is CCCc1onc(-c2c(Cl)cccc2Cl)c1COc1ccc2cc(-c3ccc(Cl)c(C(=O)OCC)c3)ccc2c1. The van der Waals surface area contributed by atoms with Crippen molar-refractivity contribution in [1.29, 1.82) is 0 Å². The molecular formula is C32H26Cl3NO4. The van der Waals surface area contributed by atoms with Crippen molar-refractivity contribution in [2.24, 2.45) is 0 Å². The second-order valence-corrected chi connectivity index (χ2v) is 10.4. The maximum atomic E-state index is 12.3. The minimum Gasteiger partial charge on any atom is -0.489 e. The van der Waals surface area contributed by atoms with Crippen LogP contribution < -0.4 is 4.74 Å². The molecular weight excluding hydrogens is 569 g/mol. The van der Waals surface area contributed by atoms with Gasteiger partial charge in [-0.05, 0) is 77.7 Å². The van der Waals surface area contributed by atoms with Gasteiger partial charge in [0.1, 0.15) is 23.8 Å². The molecule has 0 radical (unpaired) electrons. The number of fused-ring (bicyclic) bond motifs is 1. The summed E-state index contributed by atoms with van der Waals surface area (Å²) in [5.74, 6) is 1.02. The standard InChI is InChI=1S/C32H26Cl3NO4/c1-3-6-29-25(31(36-40-29)30-27(34)7-5-8-28(30)35)18-39-23-13-11-20-15-19(9-10-21(20)16-23)22-12-14-26(33)24(17-22)32(37)38-4-2/h5,7-17H,3-4,6,18H2,1-2H3. The van der Waals surface area contributed by atoms with Crippen LogP contribution in [0.4, 0.5) is 0 Å². The van der Waals surface area contributed by atoms with E-state index in [2.05, 4.69) is 18.1 Å². The molecule has 8 heteroatoms. The van der Waals surface area contributed by atoms with Crippen LogP contribution >= 0.6 is 34.8 Å². The number of ether oxygens (including phenoxy) is 2. The fourth-order valence-corrected chi connectivity index (χ4v) is 5.33. The van der Waals surface area contributed by atoms with E-state index in [-0.39, 0.29) is 13.2 Å². The fraction of sp³-hybridized carbons (Fsp3) is 0.188. The van der Waals surface area contributed by atoms with E-state index in [0.717, 1.165) is 46.1 Å². The highest BCUT2D eigenvalue weighted by atomic mass is 35.5. The van der Waals surface area contributed by atoms with Gasteiger partial charge in [0.05, 0.1) is 32.8 Å². The number of carbonyl (C=O) groups is 1. The second-order valence-electron chi connectivity index (χ2n) is 9.21. The van der Waals surface area contributed by atoms with Crippen LogP contribution in [0.2, 0.25) is 15.1 Å². The molecule has 0 N–H and O–H groups in total. The first-order valence-corrected chi connectivity index (χ1v) is 14.1. The van der Waals surface area contributed by atoms with Crippen LogP contribution in [0.3, 0.4) is 0 Å². The number of aromatic nitrogens is 1. The van der Waals surface area contributed by atoms with Gasteiger partial charge in [-0.2, -0.15) is 0 Å². The third-order valence-corrected chi connectivity index (χ3v) is 7.50. The summed E-state index contributed by atoms with van der Waals surface area (Å²) in [6.45, 7) is 4.38. The molecule has 1 heterocycles. The van der Waals surface area contributed by atoms with Crippen LogP contribution in [0.1, 0.15) is 41.9 Å². The molecule has 0 fully saturated rings. The van der Waals surface area contributed by atoms with Gasteiger partial charge in [0, 0.05) is 12.0 Å². The van der Waals surface area contributed by atoms with Gasteiger partial charge in [0.15, 0.2) is 0 Å². The minimum atomic E-state index is -0.438. The number of benzene rings is 4. The van der Waals surface area contributed by atoms with Gasteiger partial charge in [0.2, 0.25) is 0 Å². The number of esters is 1. The summed E-state index contributed by atoms with van der Waals surface area (Å²) in [5, 5.41) is 7.70. The Balaban J connectivity index is 1.41. The molecule has 0 unspecified atom stereocenters. The second kappa shape index (κ2) is 12.3. The van der Waals surface area contributed by atoms with Gasteiger partial charge in [0.25, 0.3) is 0 Å². The van der Waals surface area contributed by atoms with Crippen LogP contribution in [0.15, 0.2) is 77.3 Å². The number of rotatable bonds is 9. The van der Waals surface area contributed by atoms with Gasteiger partial charge >= 0.3 is 5.97 Å². The average molecular weight is 595 g/mol. The van der Waals surface area contributed by atoms with Crippen molar-refractivity contribution in [2.75, 3.05) is 6.61 Å². The molecule has 0 atom stereocenters. The zero-order chi connectivity index (χ0) is 28.2. The van der Waals surface area contributed by atoms with E-state index in [1.807, 2.05) is 36.4 Å². The maximum absolute atomic E-state index is 12.3. The highest BCUT2D eigenvalue weighted by molar-refractivity contribution is 6.39. The summed E-state index contributed by atoms with van der Waals surface area (Å²) in [5.41, 5.74) is 4.23. The molecule has 0 spiro atoms. The summed E-state index contributed by atoms with van der Waals surface area (Å²) >= 11 is 19.2. The molecule has 0 bridgehead atoms. The van der Waals surface area contributed by atoms with Crippen LogP contribution in [0.25, 0.3) is 33.2 Å². The van der Waals surface area contributed by atoms with Crippen LogP contribution in [0, 0.1) is 0 Å². The summed E-state index contributed by atoms with van der Waals surface area (Å²) in [6, 6.07) is 22.7. The van der Waals surface area contributed by atoms with Crippen molar-refractivity contribution < 1.29 is 18.8 Å². The Hall–Kier alpha value is -3.51. The van der Waals surface area contributed by atoms with E-state index in [1.165, 1.54) is 0 Å². The molecule has 5 aromatic rings. The molecule has 0 aliphatic rings. The topological polar surface area (TPSA) is 61.6 Å². The Morgan fingerprint density at radius 2 is 1.55 bits per heavy atom. The highest BCUT2D eigenvalue weighted by Gasteiger charge is 2.22. The zero-order valence-corrected chi connectivity index (χ0v) is 24.2. The first-order valence-electron chi connectivity index (χ1n) is 12.9. The molecule has 5 rings (SSSR count). The highest BCUT2D eigenvalue weighted by Crippen LogP contribution is 2.38. The largest absolute Gasteiger partial charge is 0.489 e. The Labute approximate surface area is 247 Å². The first-order chi connectivity index (χ1) is 19.4. The predicted octanol–water partition coefficient (Wildman–Crippen LogP) is 9.83. The van der Waals surface area contributed by atoms with E-state index in [9.17, 15) is 4.79 Å². The number of hydrogen-bond donors (Lipinski definition) is 0. The van der Waals surface area contributed by atoms with Crippen molar-refractivity contribution in [2.45, 2.75) is 33.3 Å². The predicted molar refractivity (Wildman–Crippen MR) is 161 cm³/mol. The Kier molecular flexibility index (Phi) is 8.65. The minimum absolute atomic E-state index is 0.251. The summed E-state index contributed by atoms with van der Waals surface area (Å²) in [4.78, 5) is 12.3. The molecule has 5 nitrogen and oxygen atoms in total. The number of hydrogen-bond acceptors (Lipinski definition) is 5. The van der Waals surface area contributed by atoms with Crippen molar-refractivity contribution in [3.8, 4) is 28.1 Å². The van der Waals surface area contributed by atoms with E-state index in [4.69, 9.17) is 48.8 Å². The lowest BCUT2D eigenvalue weighted by Crippen LogP contribution is -2.05. The van der Waals surface area contributed by atoms with Gasteiger partial charge in [-0.1, -0.05) is 77.2 Å². The normalized spacial score (nSPS) is 11.1. The Morgan fingerprint density at radius 1 is 0.850 bits per heavy atom. The molecule has 4 aromatic carbocycles. The van der Waals surface area contributed by atoms with Crippen molar-refractivity contribution in [1.82, 2.24) is 5.16 Å². The molecule has 0 saturated carbocycles. The molecule has 40 heavy (non-hydrogen) atoms. The monoisotopic (exact) mass is 593 g/mol. The summed E-state index contributed by atoms with van der Waals surface area (Å²) in [6.07, 6.45) is 1.61. The Morgan fingerprint density at radius 3 is 2.30 bits per heavy atom. The van der Waals surface area contributed by atoms with Gasteiger partial charge in [-0.25, -0.2) is 4.79 Å².